The maximum atomic E-state index is 3.71. The monoisotopic (exact) mass is 255 g/mol. The lowest BCUT2D eigenvalue weighted by atomic mass is 10.0. The molecule has 0 aliphatic carbocycles. The first-order chi connectivity index (χ1) is 8.60. The summed E-state index contributed by atoms with van der Waals surface area (Å²) in [5.74, 6) is 0. The molecule has 3 heteroatoms. The van der Waals surface area contributed by atoms with Gasteiger partial charge in [0.25, 0.3) is 0 Å². The van der Waals surface area contributed by atoms with Crippen molar-refractivity contribution < 1.29 is 0 Å². The lowest BCUT2D eigenvalue weighted by Crippen LogP contribution is -2.52. The van der Waals surface area contributed by atoms with E-state index in [1.807, 2.05) is 0 Å². The zero-order valence-electron chi connectivity index (χ0n) is 13.1. The summed E-state index contributed by atoms with van der Waals surface area (Å²) in [5.41, 5.74) is 0. The second-order valence-electron chi connectivity index (χ2n) is 6.01. The van der Waals surface area contributed by atoms with Crippen molar-refractivity contribution in [2.24, 2.45) is 0 Å². The maximum absolute atomic E-state index is 3.71. The van der Waals surface area contributed by atoms with Gasteiger partial charge in [-0.05, 0) is 59.8 Å². The highest BCUT2D eigenvalue weighted by Gasteiger charge is 2.31. The van der Waals surface area contributed by atoms with Crippen LogP contribution in [-0.2, 0) is 0 Å². The number of rotatable bonds is 8. The van der Waals surface area contributed by atoms with E-state index in [4.69, 9.17) is 0 Å². The molecular weight excluding hydrogens is 222 g/mol. The summed E-state index contributed by atoms with van der Waals surface area (Å²) in [6.07, 6.45) is 5.19. The largest absolute Gasteiger partial charge is 0.312 e. The van der Waals surface area contributed by atoms with E-state index in [-0.39, 0.29) is 0 Å². The Bertz CT molecular complexity index is 218. The number of likely N-dealkylation sites (tertiary alicyclic amines) is 1. The number of hydrogen-bond donors (Lipinski definition) is 1. The van der Waals surface area contributed by atoms with E-state index < -0.39 is 0 Å². The molecule has 1 aliphatic rings. The van der Waals surface area contributed by atoms with Crippen molar-refractivity contribution >= 4 is 0 Å². The molecule has 1 saturated heterocycles. The summed E-state index contributed by atoms with van der Waals surface area (Å²) < 4.78 is 0. The summed E-state index contributed by atoms with van der Waals surface area (Å²) in [7, 11) is 4.38. The molecule has 3 unspecified atom stereocenters. The van der Waals surface area contributed by atoms with Gasteiger partial charge in [0.15, 0.2) is 0 Å². The minimum Gasteiger partial charge on any atom is -0.312 e. The molecule has 1 heterocycles. The molecule has 0 radical (unpaired) electrons. The van der Waals surface area contributed by atoms with Gasteiger partial charge in [0.1, 0.15) is 0 Å². The van der Waals surface area contributed by atoms with Crippen LogP contribution in [0.15, 0.2) is 0 Å². The van der Waals surface area contributed by atoms with E-state index in [0.29, 0.717) is 12.1 Å². The van der Waals surface area contributed by atoms with E-state index in [0.717, 1.165) is 12.6 Å². The van der Waals surface area contributed by atoms with Crippen molar-refractivity contribution in [2.75, 3.05) is 33.7 Å². The average molecular weight is 255 g/mol. The third-order valence-corrected chi connectivity index (χ3v) is 4.20. The van der Waals surface area contributed by atoms with Crippen LogP contribution in [0.1, 0.15) is 46.5 Å². The summed E-state index contributed by atoms with van der Waals surface area (Å²) in [6.45, 7) is 10.6. The van der Waals surface area contributed by atoms with Crippen molar-refractivity contribution in [1.29, 1.82) is 0 Å². The van der Waals surface area contributed by atoms with Gasteiger partial charge in [0.2, 0.25) is 0 Å². The van der Waals surface area contributed by atoms with Crippen molar-refractivity contribution in [3.63, 3.8) is 0 Å². The fraction of sp³-hybridized carbons (Fsp3) is 1.00. The molecule has 0 amide bonds. The van der Waals surface area contributed by atoms with Gasteiger partial charge < -0.3 is 10.2 Å². The Balaban J connectivity index is 2.53. The standard InChI is InChI=1S/C15H33N3/c1-6-10-16-15(7-2)13(3)18-11-8-9-14(18)12-17(4)5/h13-16H,6-12H2,1-5H3. The molecule has 108 valence electrons. The number of hydrogen-bond acceptors (Lipinski definition) is 3. The Hall–Kier alpha value is -0.120. The fourth-order valence-electron chi connectivity index (χ4n) is 3.23. The molecule has 0 bridgehead atoms. The first-order valence-corrected chi connectivity index (χ1v) is 7.74. The van der Waals surface area contributed by atoms with Crippen molar-refractivity contribution in [3.8, 4) is 0 Å². The minimum absolute atomic E-state index is 0.646. The Morgan fingerprint density at radius 1 is 1.33 bits per heavy atom. The van der Waals surface area contributed by atoms with Crippen LogP contribution >= 0.6 is 0 Å². The topological polar surface area (TPSA) is 18.5 Å². The van der Waals surface area contributed by atoms with Crippen LogP contribution in [0.4, 0.5) is 0 Å². The third kappa shape index (κ3) is 4.52. The molecule has 0 aromatic carbocycles. The summed E-state index contributed by atoms with van der Waals surface area (Å²) in [5, 5.41) is 3.71. The van der Waals surface area contributed by atoms with Crippen molar-refractivity contribution in [2.45, 2.75) is 64.6 Å². The predicted octanol–water partition coefficient (Wildman–Crippen LogP) is 2.18. The van der Waals surface area contributed by atoms with E-state index >= 15 is 0 Å². The van der Waals surface area contributed by atoms with Gasteiger partial charge in [-0.25, -0.2) is 0 Å². The van der Waals surface area contributed by atoms with Crippen molar-refractivity contribution in [3.05, 3.63) is 0 Å². The Morgan fingerprint density at radius 2 is 2.06 bits per heavy atom. The van der Waals surface area contributed by atoms with Gasteiger partial charge in [-0.1, -0.05) is 13.8 Å². The number of nitrogens with one attached hydrogen (secondary N) is 1. The summed E-state index contributed by atoms with van der Waals surface area (Å²) >= 11 is 0. The second-order valence-corrected chi connectivity index (χ2v) is 6.01. The Kier molecular flexibility index (Phi) is 7.20. The van der Waals surface area contributed by atoms with E-state index in [2.05, 4.69) is 50.0 Å². The smallest absolute Gasteiger partial charge is 0.0226 e. The van der Waals surface area contributed by atoms with Gasteiger partial charge in [0.05, 0.1) is 0 Å². The Labute approximate surface area is 114 Å². The molecule has 18 heavy (non-hydrogen) atoms. The van der Waals surface area contributed by atoms with Crippen LogP contribution in [0.25, 0.3) is 0 Å². The van der Waals surface area contributed by atoms with Crippen LogP contribution in [0.3, 0.4) is 0 Å². The van der Waals surface area contributed by atoms with E-state index in [9.17, 15) is 0 Å². The summed E-state index contributed by atoms with van der Waals surface area (Å²) in [6, 6.07) is 2.06. The highest BCUT2D eigenvalue weighted by molar-refractivity contribution is 4.89. The van der Waals surface area contributed by atoms with Crippen LogP contribution < -0.4 is 5.32 Å². The molecular formula is C15H33N3. The first-order valence-electron chi connectivity index (χ1n) is 7.74. The Morgan fingerprint density at radius 3 is 2.61 bits per heavy atom. The van der Waals surface area contributed by atoms with Crippen molar-refractivity contribution in [1.82, 2.24) is 15.1 Å². The van der Waals surface area contributed by atoms with Gasteiger partial charge in [0, 0.05) is 24.7 Å². The zero-order chi connectivity index (χ0) is 13.5. The first kappa shape index (κ1) is 15.9. The normalized spacial score (nSPS) is 24.7. The molecule has 1 N–H and O–H groups in total. The highest BCUT2D eigenvalue weighted by Crippen LogP contribution is 2.22. The lowest BCUT2D eigenvalue weighted by Gasteiger charge is -2.37. The lowest BCUT2D eigenvalue weighted by molar-refractivity contribution is 0.131. The van der Waals surface area contributed by atoms with Crippen LogP contribution in [0.2, 0.25) is 0 Å². The molecule has 3 nitrogen and oxygen atoms in total. The number of nitrogens with zero attached hydrogens (tertiary/aromatic N) is 2. The highest BCUT2D eigenvalue weighted by atomic mass is 15.3. The molecule has 1 rings (SSSR count). The predicted molar refractivity (Wildman–Crippen MR) is 80.1 cm³/mol. The molecule has 0 aromatic rings. The second kappa shape index (κ2) is 8.13. The molecule has 3 atom stereocenters. The quantitative estimate of drug-likeness (QED) is 0.717. The van der Waals surface area contributed by atoms with Gasteiger partial charge in [-0.3, -0.25) is 4.90 Å². The van der Waals surface area contributed by atoms with Gasteiger partial charge >= 0.3 is 0 Å². The third-order valence-electron chi connectivity index (χ3n) is 4.20. The SMILES string of the molecule is CCCNC(CC)C(C)N1CCCC1CN(C)C. The molecule has 0 spiro atoms. The molecule has 0 saturated carbocycles. The van der Waals surface area contributed by atoms with E-state index in [1.54, 1.807) is 0 Å². The van der Waals surface area contributed by atoms with Crippen LogP contribution in [0.5, 0.6) is 0 Å². The average Bonchev–Trinajstić information content (AvgIpc) is 2.77. The summed E-state index contributed by atoms with van der Waals surface area (Å²) in [4.78, 5) is 5.06. The van der Waals surface area contributed by atoms with Crippen LogP contribution in [0, 0.1) is 0 Å². The van der Waals surface area contributed by atoms with Gasteiger partial charge in [-0.2, -0.15) is 0 Å². The van der Waals surface area contributed by atoms with Crippen LogP contribution in [-0.4, -0.2) is 61.7 Å². The molecule has 1 fully saturated rings. The molecule has 0 aromatic heterocycles. The molecule has 1 aliphatic heterocycles. The maximum Gasteiger partial charge on any atom is 0.0226 e. The number of likely N-dealkylation sites (N-methyl/N-ethyl adjacent to an activating group) is 1. The van der Waals surface area contributed by atoms with E-state index in [1.165, 1.54) is 38.8 Å². The minimum atomic E-state index is 0.646. The van der Waals surface area contributed by atoms with Gasteiger partial charge in [-0.15, -0.1) is 0 Å². The fourth-order valence-corrected chi connectivity index (χ4v) is 3.23. The zero-order valence-corrected chi connectivity index (χ0v) is 13.1.